The molecule has 3 aromatic rings. The fourth-order valence-electron chi connectivity index (χ4n) is 2.58. The quantitative estimate of drug-likeness (QED) is 0.661. The Morgan fingerprint density at radius 3 is 2.31 bits per heavy atom. The van der Waals surface area contributed by atoms with Crippen LogP contribution in [0.5, 0.6) is 11.5 Å². The van der Waals surface area contributed by atoms with E-state index >= 15 is 0 Å². The molecule has 0 aliphatic carbocycles. The van der Waals surface area contributed by atoms with Crippen molar-refractivity contribution in [2.75, 3.05) is 14.2 Å². The van der Waals surface area contributed by atoms with Gasteiger partial charge in [-0.25, -0.2) is 17.4 Å². The minimum Gasteiger partial charge on any atom is -0.495 e. The Morgan fingerprint density at radius 2 is 1.69 bits per heavy atom. The fourth-order valence-corrected chi connectivity index (χ4v) is 4.34. The summed E-state index contributed by atoms with van der Waals surface area (Å²) >= 11 is 6.09. The van der Waals surface area contributed by atoms with Crippen LogP contribution in [0.4, 0.5) is 0 Å². The van der Waals surface area contributed by atoms with E-state index in [9.17, 15) is 8.42 Å². The lowest BCUT2D eigenvalue weighted by Gasteiger charge is -2.14. The van der Waals surface area contributed by atoms with Crippen molar-refractivity contribution in [1.29, 1.82) is 0 Å². The third-order valence-corrected chi connectivity index (χ3v) is 5.77. The van der Waals surface area contributed by atoms with Gasteiger partial charge in [0.1, 0.15) is 16.4 Å². The van der Waals surface area contributed by atoms with Gasteiger partial charge < -0.3 is 9.47 Å². The molecule has 0 amide bonds. The second-order valence-corrected chi connectivity index (χ2v) is 7.70. The molecular formula is C18H17ClN2O4S. The average Bonchev–Trinajstić information content (AvgIpc) is 3.04. The normalized spacial score (nSPS) is 11.4. The number of hydrogen-bond acceptors (Lipinski definition) is 5. The van der Waals surface area contributed by atoms with E-state index in [0.717, 1.165) is 3.97 Å². The molecule has 0 atom stereocenters. The molecule has 2 aromatic carbocycles. The molecule has 3 rings (SSSR count). The van der Waals surface area contributed by atoms with Gasteiger partial charge in [-0.15, -0.1) is 0 Å². The molecule has 0 saturated carbocycles. The van der Waals surface area contributed by atoms with Crippen LogP contribution < -0.4 is 9.47 Å². The van der Waals surface area contributed by atoms with Crippen LogP contribution in [0.15, 0.2) is 53.6 Å². The van der Waals surface area contributed by atoms with Crippen molar-refractivity contribution in [3.05, 3.63) is 59.4 Å². The van der Waals surface area contributed by atoms with E-state index in [1.54, 1.807) is 19.1 Å². The largest absolute Gasteiger partial charge is 0.495 e. The van der Waals surface area contributed by atoms with Crippen LogP contribution in [0.25, 0.3) is 11.4 Å². The van der Waals surface area contributed by atoms with Crippen LogP contribution in [-0.2, 0) is 10.0 Å². The van der Waals surface area contributed by atoms with Crippen molar-refractivity contribution >= 4 is 21.6 Å². The van der Waals surface area contributed by atoms with E-state index in [4.69, 9.17) is 21.1 Å². The third kappa shape index (κ3) is 3.15. The van der Waals surface area contributed by atoms with E-state index in [1.807, 2.05) is 18.2 Å². The Hall–Kier alpha value is -2.51. The Bertz CT molecular complexity index is 1050. The van der Waals surface area contributed by atoms with Gasteiger partial charge in [0.05, 0.1) is 24.9 Å². The summed E-state index contributed by atoms with van der Waals surface area (Å²) in [7, 11) is -1.20. The molecule has 0 aliphatic rings. The summed E-state index contributed by atoms with van der Waals surface area (Å²) in [5.74, 6) is 0.685. The molecule has 0 fully saturated rings. The van der Waals surface area contributed by atoms with Gasteiger partial charge in [-0.3, -0.25) is 0 Å². The Morgan fingerprint density at radius 1 is 1.04 bits per heavy atom. The number of rotatable bonds is 5. The highest BCUT2D eigenvalue weighted by molar-refractivity contribution is 7.90. The molecule has 0 spiro atoms. The summed E-state index contributed by atoms with van der Waals surface area (Å²) in [6.07, 6.45) is 1.47. The van der Waals surface area contributed by atoms with Crippen molar-refractivity contribution in [2.45, 2.75) is 11.8 Å². The first-order valence-corrected chi connectivity index (χ1v) is 9.48. The molecule has 0 unspecified atom stereocenters. The highest BCUT2D eigenvalue weighted by Gasteiger charge is 2.27. The third-order valence-electron chi connectivity index (χ3n) is 3.80. The zero-order valence-corrected chi connectivity index (χ0v) is 16.0. The van der Waals surface area contributed by atoms with E-state index in [-0.39, 0.29) is 21.4 Å². The van der Waals surface area contributed by atoms with Crippen molar-refractivity contribution < 1.29 is 17.9 Å². The molecular weight excluding hydrogens is 376 g/mol. The number of nitrogens with zero attached hydrogens (tertiary/aromatic N) is 2. The van der Waals surface area contributed by atoms with Crippen LogP contribution in [0.3, 0.4) is 0 Å². The summed E-state index contributed by atoms with van der Waals surface area (Å²) < 4.78 is 38.2. The Kier molecular flexibility index (Phi) is 4.93. The first-order chi connectivity index (χ1) is 12.4. The van der Waals surface area contributed by atoms with Gasteiger partial charge in [-0.05, 0) is 6.92 Å². The number of ether oxygens (including phenoxy) is 2. The van der Waals surface area contributed by atoms with Crippen LogP contribution in [-0.4, -0.2) is 31.6 Å². The molecule has 1 heterocycles. The van der Waals surface area contributed by atoms with E-state index < -0.39 is 10.0 Å². The predicted octanol–water partition coefficient (Wildman–Crippen LogP) is 3.77. The van der Waals surface area contributed by atoms with Gasteiger partial charge in [0.25, 0.3) is 10.0 Å². The zero-order chi connectivity index (χ0) is 18.9. The summed E-state index contributed by atoms with van der Waals surface area (Å²) in [6, 6.07) is 11.9. The number of halogens is 1. The smallest absolute Gasteiger partial charge is 0.273 e. The number of methoxy groups -OCH3 is 2. The summed E-state index contributed by atoms with van der Waals surface area (Å²) in [5.41, 5.74) is 1.26. The molecule has 0 radical (unpaired) electrons. The lowest BCUT2D eigenvalue weighted by Crippen LogP contribution is -2.15. The first kappa shape index (κ1) is 18.3. The SMILES string of the molecule is COc1cc(S(=O)(=O)n2cc(C)nc2-c2ccccc2)c(OC)cc1Cl. The monoisotopic (exact) mass is 392 g/mol. The second kappa shape index (κ2) is 7.01. The fraction of sp³-hybridized carbons (Fsp3) is 0.167. The topological polar surface area (TPSA) is 70.4 Å². The van der Waals surface area contributed by atoms with Gasteiger partial charge in [0.2, 0.25) is 0 Å². The van der Waals surface area contributed by atoms with Gasteiger partial charge in [0, 0.05) is 23.9 Å². The standard InChI is InChI=1S/C18H17ClN2O4S/c1-12-11-21(18(20-12)13-7-5-4-6-8-13)26(22,23)17-10-15(24-2)14(19)9-16(17)25-3/h4-11H,1-3H3. The molecule has 136 valence electrons. The van der Waals surface area contributed by atoms with Crippen molar-refractivity contribution in [2.24, 2.45) is 0 Å². The Balaban J connectivity index is 2.25. The summed E-state index contributed by atoms with van der Waals surface area (Å²) in [5, 5.41) is 0.258. The number of hydrogen-bond donors (Lipinski definition) is 0. The van der Waals surface area contributed by atoms with E-state index in [2.05, 4.69) is 4.98 Å². The number of aromatic nitrogens is 2. The minimum atomic E-state index is -4.00. The number of aryl methyl sites for hydroxylation is 1. The molecule has 0 aliphatic heterocycles. The van der Waals surface area contributed by atoms with Crippen LogP contribution >= 0.6 is 11.6 Å². The van der Waals surface area contributed by atoms with Crippen molar-refractivity contribution in [3.8, 4) is 22.9 Å². The minimum absolute atomic E-state index is 0.0594. The maximum Gasteiger partial charge on any atom is 0.273 e. The van der Waals surface area contributed by atoms with Gasteiger partial charge >= 0.3 is 0 Å². The van der Waals surface area contributed by atoms with Crippen molar-refractivity contribution in [1.82, 2.24) is 8.96 Å². The predicted molar refractivity (Wildman–Crippen MR) is 99.5 cm³/mol. The Labute approximate surface area is 157 Å². The average molecular weight is 393 g/mol. The summed E-state index contributed by atoms with van der Waals surface area (Å²) in [6.45, 7) is 1.73. The maximum absolute atomic E-state index is 13.3. The number of imidazole rings is 1. The molecule has 1 aromatic heterocycles. The lowest BCUT2D eigenvalue weighted by atomic mass is 10.2. The maximum atomic E-state index is 13.3. The molecule has 26 heavy (non-hydrogen) atoms. The second-order valence-electron chi connectivity index (χ2n) is 5.51. The summed E-state index contributed by atoms with van der Waals surface area (Å²) in [4.78, 5) is 4.31. The molecule has 0 bridgehead atoms. The molecule has 8 heteroatoms. The van der Waals surface area contributed by atoms with Gasteiger partial charge in [0.15, 0.2) is 5.82 Å². The first-order valence-electron chi connectivity index (χ1n) is 7.67. The highest BCUT2D eigenvalue weighted by atomic mass is 35.5. The lowest BCUT2D eigenvalue weighted by molar-refractivity contribution is 0.392. The van der Waals surface area contributed by atoms with E-state index in [1.165, 1.54) is 32.5 Å². The molecule has 6 nitrogen and oxygen atoms in total. The molecule has 0 saturated heterocycles. The van der Waals surface area contributed by atoms with Crippen LogP contribution in [0.2, 0.25) is 5.02 Å². The van der Waals surface area contributed by atoms with E-state index in [0.29, 0.717) is 17.1 Å². The van der Waals surface area contributed by atoms with Crippen molar-refractivity contribution in [3.63, 3.8) is 0 Å². The zero-order valence-electron chi connectivity index (χ0n) is 14.4. The highest BCUT2D eigenvalue weighted by Crippen LogP contribution is 2.37. The molecule has 0 N–H and O–H groups in total. The van der Waals surface area contributed by atoms with Gasteiger partial charge in [-0.1, -0.05) is 41.9 Å². The van der Waals surface area contributed by atoms with Crippen LogP contribution in [0, 0.1) is 6.92 Å². The van der Waals surface area contributed by atoms with Gasteiger partial charge in [-0.2, -0.15) is 0 Å². The van der Waals surface area contributed by atoms with Crippen LogP contribution in [0.1, 0.15) is 5.69 Å². The number of benzene rings is 2.